The molecule has 0 aliphatic carbocycles. The lowest BCUT2D eigenvalue weighted by Crippen LogP contribution is -2.48. The summed E-state index contributed by atoms with van der Waals surface area (Å²) >= 11 is 0. The van der Waals surface area contributed by atoms with Crippen LogP contribution in [0.5, 0.6) is 0 Å². The summed E-state index contributed by atoms with van der Waals surface area (Å²) in [5.74, 6) is 0.816. The third kappa shape index (κ3) is 2.20. The fourth-order valence-corrected chi connectivity index (χ4v) is 2.38. The van der Waals surface area contributed by atoms with Gasteiger partial charge in [0.2, 0.25) is 5.91 Å². The topological polar surface area (TPSA) is 62.2 Å². The fourth-order valence-electron chi connectivity index (χ4n) is 2.38. The van der Waals surface area contributed by atoms with Gasteiger partial charge in [-0.2, -0.15) is 0 Å². The summed E-state index contributed by atoms with van der Waals surface area (Å²) in [5.41, 5.74) is 1.64. The largest absolute Gasteiger partial charge is 0.351 e. The molecule has 0 aromatic carbocycles. The van der Waals surface area contributed by atoms with Gasteiger partial charge in [-0.15, -0.1) is 0 Å². The number of rotatable bonds is 2. The van der Waals surface area contributed by atoms with Crippen molar-refractivity contribution in [2.45, 2.75) is 0 Å². The van der Waals surface area contributed by atoms with Gasteiger partial charge in [0.25, 0.3) is 0 Å². The van der Waals surface area contributed by atoms with Crippen molar-refractivity contribution in [2.75, 3.05) is 31.1 Å². The van der Waals surface area contributed by atoms with Gasteiger partial charge in [0, 0.05) is 32.4 Å². The zero-order chi connectivity index (χ0) is 13.9. The van der Waals surface area contributed by atoms with Gasteiger partial charge in [0.05, 0.1) is 5.52 Å². The minimum atomic E-state index is -0.0182. The number of piperazine rings is 1. The molecule has 102 valence electrons. The van der Waals surface area contributed by atoms with Crippen molar-refractivity contribution in [3.05, 3.63) is 37.3 Å². The molecular weight excluding hydrogens is 254 g/mol. The van der Waals surface area contributed by atoms with Gasteiger partial charge in [0.1, 0.15) is 11.8 Å². The molecule has 1 saturated heterocycles. The first-order valence-corrected chi connectivity index (χ1v) is 6.51. The van der Waals surface area contributed by atoms with Gasteiger partial charge < -0.3 is 9.80 Å². The first kappa shape index (κ1) is 12.5. The summed E-state index contributed by atoms with van der Waals surface area (Å²) in [6, 6.07) is 3.78. The van der Waals surface area contributed by atoms with Gasteiger partial charge in [-0.3, -0.25) is 9.78 Å². The van der Waals surface area contributed by atoms with Gasteiger partial charge in [0.15, 0.2) is 5.82 Å². The third-order valence-corrected chi connectivity index (χ3v) is 3.44. The first-order valence-electron chi connectivity index (χ1n) is 6.51. The normalized spacial score (nSPS) is 15.4. The quantitative estimate of drug-likeness (QED) is 0.757. The van der Waals surface area contributed by atoms with E-state index in [9.17, 15) is 4.79 Å². The lowest BCUT2D eigenvalue weighted by molar-refractivity contribution is -0.126. The molecule has 2 aromatic rings. The van der Waals surface area contributed by atoms with Gasteiger partial charge in [-0.25, -0.2) is 9.97 Å². The molecule has 1 amide bonds. The molecule has 0 saturated carbocycles. The van der Waals surface area contributed by atoms with Gasteiger partial charge >= 0.3 is 0 Å². The molecule has 0 atom stereocenters. The summed E-state index contributed by atoms with van der Waals surface area (Å²) < 4.78 is 0. The number of aromatic nitrogens is 3. The van der Waals surface area contributed by atoms with Crippen LogP contribution in [-0.2, 0) is 4.79 Å². The minimum absolute atomic E-state index is 0.0182. The molecular formula is C14H15N5O. The Morgan fingerprint density at radius 1 is 1.20 bits per heavy atom. The van der Waals surface area contributed by atoms with E-state index in [1.54, 1.807) is 17.4 Å². The molecule has 0 spiro atoms. The highest BCUT2D eigenvalue weighted by Crippen LogP contribution is 2.21. The van der Waals surface area contributed by atoms with Crippen molar-refractivity contribution in [2.24, 2.45) is 0 Å². The average molecular weight is 269 g/mol. The van der Waals surface area contributed by atoms with Crippen LogP contribution in [0.15, 0.2) is 37.3 Å². The van der Waals surface area contributed by atoms with Crippen LogP contribution >= 0.6 is 0 Å². The van der Waals surface area contributed by atoms with E-state index in [1.165, 1.54) is 6.08 Å². The smallest absolute Gasteiger partial charge is 0.246 e. The maximum atomic E-state index is 11.6. The number of carbonyl (C=O) groups is 1. The maximum Gasteiger partial charge on any atom is 0.246 e. The van der Waals surface area contributed by atoms with Crippen LogP contribution in [0.25, 0.3) is 11.0 Å². The second-order valence-corrected chi connectivity index (χ2v) is 4.58. The highest BCUT2D eigenvalue weighted by molar-refractivity contribution is 5.88. The number of fused-ring (bicyclic) bond motifs is 1. The van der Waals surface area contributed by atoms with Crippen molar-refractivity contribution in [1.29, 1.82) is 0 Å². The first-order chi connectivity index (χ1) is 9.79. The molecule has 6 nitrogen and oxygen atoms in total. The van der Waals surface area contributed by atoms with E-state index in [4.69, 9.17) is 0 Å². The standard InChI is InChI=1S/C14H15N5O/c1-2-12(20)18-6-8-19(9-7-18)14-13-11(16-10-17-14)4-3-5-15-13/h2-5,10H,1,6-9H2. The lowest BCUT2D eigenvalue weighted by Gasteiger charge is -2.35. The molecule has 0 unspecified atom stereocenters. The van der Waals surface area contributed by atoms with Crippen molar-refractivity contribution >= 4 is 22.8 Å². The van der Waals surface area contributed by atoms with Crippen LogP contribution in [0, 0.1) is 0 Å². The van der Waals surface area contributed by atoms with E-state index in [-0.39, 0.29) is 5.91 Å². The monoisotopic (exact) mass is 269 g/mol. The molecule has 1 aliphatic rings. The highest BCUT2D eigenvalue weighted by Gasteiger charge is 2.22. The predicted octanol–water partition coefficient (Wildman–Crippen LogP) is 0.859. The molecule has 1 aliphatic heterocycles. The van der Waals surface area contributed by atoms with Crippen molar-refractivity contribution in [3.8, 4) is 0 Å². The average Bonchev–Trinajstić information content (AvgIpc) is 2.54. The molecule has 1 fully saturated rings. The Kier molecular flexibility index (Phi) is 3.28. The number of anilines is 1. The van der Waals surface area contributed by atoms with E-state index >= 15 is 0 Å². The van der Waals surface area contributed by atoms with Crippen LogP contribution in [0.2, 0.25) is 0 Å². The van der Waals surface area contributed by atoms with Crippen LogP contribution in [0.4, 0.5) is 5.82 Å². The molecule has 3 heterocycles. The Labute approximate surface area is 116 Å². The van der Waals surface area contributed by atoms with E-state index in [0.717, 1.165) is 29.9 Å². The Balaban J connectivity index is 1.83. The van der Waals surface area contributed by atoms with Crippen LogP contribution in [0.1, 0.15) is 0 Å². The molecule has 3 rings (SSSR count). The molecule has 0 bridgehead atoms. The number of pyridine rings is 1. The zero-order valence-electron chi connectivity index (χ0n) is 11.1. The number of hydrogen-bond donors (Lipinski definition) is 0. The number of amides is 1. The van der Waals surface area contributed by atoms with Gasteiger partial charge in [-0.1, -0.05) is 6.58 Å². The second-order valence-electron chi connectivity index (χ2n) is 4.58. The molecule has 0 radical (unpaired) electrons. The Morgan fingerprint density at radius 2 is 2.00 bits per heavy atom. The Bertz CT molecular complexity index is 644. The van der Waals surface area contributed by atoms with E-state index < -0.39 is 0 Å². The van der Waals surface area contributed by atoms with Crippen molar-refractivity contribution in [3.63, 3.8) is 0 Å². The van der Waals surface area contributed by atoms with E-state index in [1.807, 2.05) is 12.1 Å². The van der Waals surface area contributed by atoms with Gasteiger partial charge in [-0.05, 0) is 18.2 Å². The number of nitrogens with zero attached hydrogens (tertiary/aromatic N) is 5. The maximum absolute atomic E-state index is 11.6. The van der Waals surface area contributed by atoms with E-state index in [0.29, 0.717) is 13.1 Å². The summed E-state index contributed by atoms with van der Waals surface area (Å²) in [5, 5.41) is 0. The zero-order valence-corrected chi connectivity index (χ0v) is 11.1. The minimum Gasteiger partial charge on any atom is -0.351 e. The van der Waals surface area contributed by atoms with Crippen molar-refractivity contribution in [1.82, 2.24) is 19.9 Å². The lowest BCUT2D eigenvalue weighted by atomic mass is 10.2. The second kappa shape index (κ2) is 5.24. The molecule has 2 aromatic heterocycles. The predicted molar refractivity (Wildman–Crippen MR) is 76.3 cm³/mol. The van der Waals surface area contributed by atoms with Crippen LogP contribution in [0.3, 0.4) is 0 Å². The van der Waals surface area contributed by atoms with Crippen LogP contribution < -0.4 is 4.90 Å². The van der Waals surface area contributed by atoms with Crippen LogP contribution in [-0.4, -0.2) is 51.9 Å². The molecule has 0 N–H and O–H groups in total. The summed E-state index contributed by atoms with van der Waals surface area (Å²) in [7, 11) is 0. The van der Waals surface area contributed by atoms with E-state index in [2.05, 4.69) is 26.4 Å². The number of carbonyl (C=O) groups excluding carboxylic acids is 1. The molecule has 6 heteroatoms. The summed E-state index contributed by atoms with van der Waals surface area (Å²) in [4.78, 5) is 28.4. The SMILES string of the molecule is C=CC(=O)N1CCN(c2ncnc3cccnc23)CC1. The summed E-state index contributed by atoms with van der Waals surface area (Å²) in [6.07, 6.45) is 4.66. The number of hydrogen-bond acceptors (Lipinski definition) is 5. The Morgan fingerprint density at radius 3 is 2.75 bits per heavy atom. The molecule has 20 heavy (non-hydrogen) atoms. The summed E-state index contributed by atoms with van der Waals surface area (Å²) in [6.45, 7) is 6.33. The van der Waals surface area contributed by atoms with Crippen molar-refractivity contribution < 1.29 is 4.79 Å². The third-order valence-electron chi connectivity index (χ3n) is 3.44. The fraction of sp³-hybridized carbons (Fsp3) is 0.286. The Hall–Kier alpha value is -2.50. The highest BCUT2D eigenvalue weighted by atomic mass is 16.2.